The fourth-order valence-corrected chi connectivity index (χ4v) is 4.15. The van der Waals surface area contributed by atoms with E-state index < -0.39 is 0 Å². The van der Waals surface area contributed by atoms with Crippen molar-refractivity contribution in [2.24, 2.45) is 0 Å². The third-order valence-corrected chi connectivity index (χ3v) is 5.56. The van der Waals surface area contributed by atoms with Crippen molar-refractivity contribution in [1.29, 1.82) is 0 Å². The standard InChI is InChI=1S/C16H16N4OS2/c21-11-3-1-6-20(10-11)16-18-9-12(13-4-2-7-22-13)14(19-16)15-17-5-8-23-15/h2,4-5,7-9,11,21H,1,3,6,10H2. The molecule has 118 valence electrons. The number of thiophene rings is 1. The van der Waals surface area contributed by atoms with E-state index in [4.69, 9.17) is 4.98 Å². The molecule has 7 heteroatoms. The number of aromatic nitrogens is 3. The predicted molar refractivity (Wildman–Crippen MR) is 93.9 cm³/mol. The number of aliphatic hydroxyl groups is 1. The van der Waals surface area contributed by atoms with Gasteiger partial charge in [-0.1, -0.05) is 6.07 Å². The van der Waals surface area contributed by atoms with E-state index >= 15 is 0 Å². The van der Waals surface area contributed by atoms with E-state index in [9.17, 15) is 5.11 Å². The lowest BCUT2D eigenvalue weighted by molar-refractivity contribution is 0.153. The summed E-state index contributed by atoms with van der Waals surface area (Å²) in [5.74, 6) is 0.675. The van der Waals surface area contributed by atoms with Gasteiger partial charge in [-0.25, -0.2) is 15.0 Å². The van der Waals surface area contributed by atoms with Gasteiger partial charge < -0.3 is 10.0 Å². The first-order chi connectivity index (χ1) is 11.3. The maximum atomic E-state index is 9.89. The smallest absolute Gasteiger partial charge is 0.226 e. The number of rotatable bonds is 3. The van der Waals surface area contributed by atoms with Crippen molar-refractivity contribution in [3.63, 3.8) is 0 Å². The molecule has 4 rings (SSSR count). The maximum Gasteiger partial charge on any atom is 0.226 e. The van der Waals surface area contributed by atoms with Gasteiger partial charge in [0.25, 0.3) is 0 Å². The second-order valence-electron chi connectivity index (χ2n) is 5.49. The molecular formula is C16H16N4OS2. The molecule has 1 fully saturated rings. The topological polar surface area (TPSA) is 62.1 Å². The van der Waals surface area contributed by atoms with Crippen LogP contribution in [-0.2, 0) is 0 Å². The van der Waals surface area contributed by atoms with Gasteiger partial charge >= 0.3 is 0 Å². The lowest BCUT2D eigenvalue weighted by Crippen LogP contribution is -2.39. The third kappa shape index (κ3) is 2.99. The quantitative estimate of drug-likeness (QED) is 0.790. The average molecular weight is 344 g/mol. The van der Waals surface area contributed by atoms with Crippen LogP contribution in [0.4, 0.5) is 5.95 Å². The Labute approximate surface area is 142 Å². The zero-order chi connectivity index (χ0) is 15.6. The number of anilines is 1. The van der Waals surface area contributed by atoms with Crippen LogP contribution >= 0.6 is 22.7 Å². The molecule has 0 aliphatic carbocycles. The minimum Gasteiger partial charge on any atom is -0.391 e. The molecule has 0 radical (unpaired) electrons. The van der Waals surface area contributed by atoms with E-state index in [1.54, 1.807) is 28.9 Å². The van der Waals surface area contributed by atoms with Crippen LogP contribution in [0.25, 0.3) is 21.1 Å². The number of aliphatic hydroxyl groups excluding tert-OH is 1. The van der Waals surface area contributed by atoms with Gasteiger partial charge in [0.2, 0.25) is 5.95 Å². The molecule has 0 spiro atoms. The number of hydrogen-bond acceptors (Lipinski definition) is 7. The first-order valence-corrected chi connectivity index (χ1v) is 9.31. The van der Waals surface area contributed by atoms with Crippen molar-refractivity contribution in [3.05, 3.63) is 35.3 Å². The van der Waals surface area contributed by atoms with Crippen molar-refractivity contribution in [2.45, 2.75) is 18.9 Å². The van der Waals surface area contributed by atoms with Crippen LogP contribution in [0.5, 0.6) is 0 Å². The summed E-state index contributed by atoms with van der Waals surface area (Å²) in [4.78, 5) is 17.0. The highest BCUT2D eigenvalue weighted by atomic mass is 32.1. The molecule has 0 amide bonds. The SMILES string of the molecule is OC1CCCN(c2ncc(-c3cccs3)c(-c3nccs3)n2)C1. The predicted octanol–water partition coefficient (Wildman–Crippen LogP) is 3.29. The van der Waals surface area contributed by atoms with Crippen LogP contribution in [0.1, 0.15) is 12.8 Å². The Morgan fingerprint density at radius 3 is 2.91 bits per heavy atom. The molecule has 0 aromatic carbocycles. The molecule has 5 nitrogen and oxygen atoms in total. The van der Waals surface area contributed by atoms with Gasteiger partial charge in [-0.2, -0.15) is 0 Å². The number of piperidine rings is 1. The average Bonchev–Trinajstić information content (AvgIpc) is 3.28. The number of thiazole rings is 1. The van der Waals surface area contributed by atoms with Gasteiger partial charge in [0.1, 0.15) is 10.7 Å². The summed E-state index contributed by atoms with van der Waals surface area (Å²) in [6.07, 6.45) is 5.19. The van der Waals surface area contributed by atoms with Crippen LogP contribution in [0.2, 0.25) is 0 Å². The lowest BCUT2D eigenvalue weighted by Gasteiger charge is -2.30. The first-order valence-electron chi connectivity index (χ1n) is 7.55. The molecule has 3 aromatic rings. The van der Waals surface area contributed by atoms with Gasteiger partial charge in [0.15, 0.2) is 0 Å². The summed E-state index contributed by atoms with van der Waals surface area (Å²) in [5, 5.41) is 14.8. The van der Waals surface area contributed by atoms with Crippen LogP contribution < -0.4 is 4.90 Å². The molecule has 1 atom stereocenters. The maximum absolute atomic E-state index is 9.89. The molecule has 4 heterocycles. The summed E-state index contributed by atoms with van der Waals surface area (Å²) in [7, 11) is 0. The molecule has 1 aliphatic heterocycles. The lowest BCUT2D eigenvalue weighted by atomic mass is 10.1. The number of β-amino-alcohol motifs (C(OH)–C–C–N with tert-alkyl or cyclic N) is 1. The van der Waals surface area contributed by atoms with Crippen molar-refractivity contribution in [2.75, 3.05) is 18.0 Å². The van der Waals surface area contributed by atoms with Crippen LogP contribution in [0.15, 0.2) is 35.3 Å². The molecule has 0 saturated carbocycles. The van der Waals surface area contributed by atoms with Crippen molar-refractivity contribution < 1.29 is 5.11 Å². The van der Waals surface area contributed by atoms with Crippen molar-refractivity contribution in [1.82, 2.24) is 15.0 Å². The van der Waals surface area contributed by atoms with E-state index in [1.165, 1.54) is 0 Å². The monoisotopic (exact) mass is 344 g/mol. The molecule has 1 N–H and O–H groups in total. The molecule has 1 saturated heterocycles. The zero-order valence-electron chi connectivity index (χ0n) is 12.4. The molecule has 3 aromatic heterocycles. The third-order valence-electron chi connectivity index (χ3n) is 3.88. The van der Waals surface area contributed by atoms with Crippen LogP contribution in [0, 0.1) is 0 Å². The largest absolute Gasteiger partial charge is 0.391 e. The summed E-state index contributed by atoms with van der Waals surface area (Å²) < 4.78 is 0. The number of nitrogens with zero attached hydrogens (tertiary/aromatic N) is 4. The minimum absolute atomic E-state index is 0.298. The van der Waals surface area contributed by atoms with E-state index in [0.29, 0.717) is 12.5 Å². The summed E-state index contributed by atoms with van der Waals surface area (Å²) in [6, 6.07) is 4.10. The van der Waals surface area contributed by atoms with E-state index in [1.807, 2.05) is 17.6 Å². The minimum atomic E-state index is -0.298. The molecular weight excluding hydrogens is 328 g/mol. The Balaban J connectivity index is 1.77. The van der Waals surface area contributed by atoms with Gasteiger partial charge in [0.05, 0.1) is 6.10 Å². The van der Waals surface area contributed by atoms with Crippen LogP contribution in [-0.4, -0.2) is 39.3 Å². The molecule has 23 heavy (non-hydrogen) atoms. The zero-order valence-corrected chi connectivity index (χ0v) is 14.1. The van der Waals surface area contributed by atoms with E-state index in [-0.39, 0.29) is 6.10 Å². The Kier molecular flexibility index (Phi) is 4.07. The highest BCUT2D eigenvalue weighted by Crippen LogP contribution is 2.35. The molecule has 1 unspecified atom stereocenters. The second-order valence-corrected chi connectivity index (χ2v) is 7.33. The van der Waals surface area contributed by atoms with Gasteiger partial charge in [-0.15, -0.1) is 22.7 Å². The normalized spacial score (nSPS) is 18.3. The summed E-state index contributed by atoms with van der Waals surface area (Å²) in [5.41, 5.74) is 1.88. The fraction of sp³-hybridized carbons (Fsp3) is 0.312. The van der Waals surface area contributed by atoms with Crippen LogP contribution in [0.3, 0.4) is 0 Å². The first kappa shape index (κ1) is 14.7. The highest BCUT2D eigenvalue weighted by Gasteiger charge is 2.22. The summed E-state index contributed by atoms with van der Waals surface area (Å²) >= 11 is 3.25. The Morgan fingerprint density at radius 1 is 1.22 bits per heavy atom. The Bertz CT molecular complexity index is 773. The van der Waals surface area contributed by atoms with Gasteiger partial charge in [-0.3, -0.25) is 0 Å². The Hall–Kier alpha value is -1.83. The van der Waals surface area contributed by atoms with E-state index in [0.717, 1.165) is 40.5 Å². The van der Waals surface area contributed by atoms with Gasteiger partial charge in [0, 0.05) is 41.3 Å². The Morgan fingerprint density at radius 2 is 2.17 bits per heavy atom. The summed E-state index contributed by atoms with van der Waals surface area (Å²) in [6.45, 7) is 1.47. The fourth-order valence-electron chi connectivity index (χ4n) is 2.78. The van der Waals surface area contributed by atoms with Crippen molar-refractivity contribution >= 4 is 28.6 Å². The second kappa shape index (κ2) is 6.35. The number of hydrogen-bond donors (Lipinski definition) is 1. The molecule has 0 bridgehead atoms. The molecule has 1 aliphatic rings. The highest BCUT2D eigenvalue weighted by molar-refractivity contribution is 7.14. The van der Waals surface area contributed by atoms with Crippen molar-refractivity contribution in [3.8, 4) is 21.1 Å². The van der Waals surface area contributed by atoms with Gasteiger partial charge in [-0.05, 0) is 24.3 Å². The van der Waals surface area contributed by atoms with E-state index in [2.05, 4.69) is 26.3 Å².